The largest absolute Gasteiger partial charge is 0.485 e. The summed E-state index contributed by atoms with van der Waals surface area (Å²) < 4.78 is 43.8. The minimum Gasteiger partial charge on any atom is -0.485 e. The zero-order chi connectivity index (χ0) is 28.3. The minimum absolute atomic E-state index is 0.108. The number of benzene rings is 4. The zero-order valence-corrected chi connectivity index (χ0v) is 21.9. The molecular formula is C32H29F2NO5. The molecule has 0 bridgehead atoms. The highest BCUT2D eigenvalue weighted by Crippen LogP contribution is 2.31. The number of amides is 1. The van der Waals surface area contributed by atoms with Crippen LogP contribution in [0.15, 0.2) is 97.1 Å². The lowest BCUT2D eigenvalue weighted by Crippen LogP contribution is -2.43. The lowest BCUT2D eigenvalue weighted by atomic mass is 10.0. The number of hydrogen-bond donors (Lipinski definition) is 1. The van der Waals surface area contributed by atoms with Crippen molar-refractivity contribution in [3.05, 3.63) is 131 Å². The summed E-state index contributed by atoms with van der Waals surface area (Å²) >= 11 is 0. The van der Waals surface area contributed by atoms with E-state index >= 15 is 0 Å². The number of ether oxygens (including phenoxy) is 3. The molecule has 8 heteroatoms. The van der Waals surface area contributed by atoms with Crippen LogP contribution in [-0.2, 0) is 40.4 Å². The SMILES string of the molecule is COC(=O)[C@H](Cc1ccc(OCc2ccccc2)c(OCc2ccccc2)c1)NC(=O)Cc1ccc(F)c(F)c1. The van der Waals surface area contributed by atoms with Crippen LogP contribution >= 0.6 is 0 Å². The first-order chi connectivity index (χ1) is 19.4. The maximum atomic E-state index is 13.6. The summed E-state index contributed by atoms with van der Waals surface area (Å²) in [6.45, 7) is 0.643. The Morgan fingerprint density at radius 1 is 0.700 bits per heavy atom. The van der Waals surface area contributed by atoms with Gasteiger partial charge in [-0.15, -0.1) is 0 Å². The lowest BCUT2D eigenvalue weighted by molar-refractivity contribution is -0.145. The second kappa shape index (κ2) is 13.9. The van der Waals surface area contributed by atoms with Crippen LogP contribution in [0.1, 0.15) is 22.3 Å². The van der Waals surface area contributed by atoms with Gasteiger partial charge in [0.2, 0.25) is 5.91 Å². The van der Waals surface area contributed by atoms with Gasteiger partial charge in [-0.2, -0.15) is 0 Å². The quantitative estimate of drug-likeness (QED) is 0.236. The summed E-state index contributed by atoms with van der Waals surface area (Å²) in [7, 11) is 1.23. The monoisotopic (exact) mass is 545 g/mol. The van der Waals surface area contributed by atoms with Crippen molar-refractivity contribution in [2.24, 2.45) is 0 Å². The van der Waals surface area contributed by atoms with Crippen molar-refractivity contribution in [3.8, 4) is 11.5 Å². The van der Waals surface area contributed by atoms with Gasteiger partial charge in [-0.25, -0.2) is 13.6 Å². The fraction of sp³-hybridized carbons (Fsp3) is 0.188. The van der Waals surface area contributed by atoms with Crippen LogP contribution in [0.25, 0.3) is 0 Å². The van der Waals surface area contributed by atoms with E-state index < -0.39 is 29.6 Å². The number of esters is 1. The standard InChI is InChI=1S/C32H29F2NO5/c1-38-32(37)28(35-31(36)19-24-12-14-26(33)27(34)16-24)17-25-13-15-29(39-20-22-8-4-2-5-9-22)30(18-25)40-21-23-10-6-3-7-11-23/h2-16,18,28H,17,19-21H2,1H3,(H,35,36)/t28-/m0/s1. The normalized spacial score (nSPS) is 11.4. The average Bonchev–Trinajstić information content (AvgIpc) is 2.97. The molecular weight excluding hydrogens is 516 g/mol. The molecule has 0 aromatic heterocycles. The van der Waals surface area contributed by atoms with Crippen LogP contribution in [0.4, 0.5) is 8.78 Å². The molecule has 4 aromatic rings. The highest BCUT2D eigenvalue weighted by molar-refractivity contribution is 5.85. The fourth-order valence-electron chi connectivity index (χ4n) is 4.03. The topological polar surface area (TPSA) is 73.9 Å². The van der Waals surface area contributed by atoms with Gasteiger partial charge in [0.05, 0.1) is 13.5 Å². The lowest BCUT2D eigenvalue weighted by Gasteiger charge is -2.19. The Morgan fingerprint density at radius 2 is 1.30 bits per heavy atom. The van der Waals surface area contributed by atoms with Crippen LogP contribution in [0.5, 0.6) is 11.5 Å². The van der Waals surface area contributed by atoms with Crippen LogP contribution in [0.3, 0.4) is 0 Å². The van der Waals surface area contributed by atoms with Crippen molar-refractivity contribution >= 4 is 11.9 Å². The Kier molecular flexibility index (Phi) is 9.83. The fourth-order valence-corrected chi connectivity index (χ4v) is 4.03. The summed E-state index contributed by atoms with van der Waals surface area (Å²) in [6.07, 6.45) is -0.126. The van der Waals surface area contributed by atoms with Gasteiger partial charge < -0.3 is 19.5 Å². The predicted octanol–water partition coefficient (Wildman–Crippen LogP) is 5.57. The van der Waals surface area contributed by atoms with E-state index in [1.165, 1.54) is 13.2 Å². The smallest absolute Gasteiger partial charge is 0.328 e. The molecule has 1 atom stereocenters. The zero-order valence-electron chi connectivity index (χ0n) is 21.9. The van der Waals surface area contributed by atoms with Gasteiger partial charge in [-0.1, -0.05) is 72.8 Å². The molecule has 0 fully saturated rings. The summed E-state index contributed by atoms with van der Waals surface area (Å²) in [6, 6.07) is 26.9. The molecule has 40 heavy (non-hydrogen) atoms. The third kappa shape index (κ3) is 8.14. The number of hydrogen-bond acceptors (Lipinski definition) is 5. The molecule has 4 aromatic carbocycles. The Balaban J connectivity index is 1.50. The number of methoxy groups -OCH3 is 1. The molecule has 4 rings (SSSR count). The van der Waals surface area contributed by atoms with E-state index in [1.807, 2.05) is 60.7 Å². The molecule has 0 heterocycles. The molecule has 6 nitrogen and oxygen atoms in total. The molecule has 0 unspecified atom stereocenters. The Labute approximate surface area is 231 Å². The van der Waals surface area contributed by atoms with Gasteiger partial charge in [0.25, 0.3) is 0 Å². The molecule has 0 radical (unpaired) electrons. The molecule has 1 amide bonds. The van der Waals surface area contributed by atoms with Crippen molar-refractivity contribution in [2.45, 2.75) is 32.1 Å². The van der Waals surface area contributed by atoms with Gasteiger partial charge in [-0.3, -0.25) is 4.79 Å². The van der Waals surface area contributed by atoms with E-state index in [-0.39, 0.29) is 18.4 Å². The van der Waals surface area contributed by atoms with Crippen molar-refractivity contribution in [1.82, 2.24) is 5.32 Å². The van der Waals surface area contributed by atoms with Crippen LogP contribution in [0, 0.1) is 11.6 Å². The molecule has 0 spiro atoms. The summed E-state index contributed by atoms with van der Waals surface area (Å²) in [5, 5.41) is 2.64. The number of carbonyl (C=O) groups is 2. The highest BCUT2D eigenvalue weighted by Gasteiger charge is 2.23. The molecule has 206 valence electrons. The minimum atomic E-state index is -1.05. The summed E-state index contributed by atoms with van der Waals surface area (Å²) in [4.78, 5) is 25.2. The number of nitrogens with one attached hydrogen (secondary N) is 1. The predicted molar refractivity (Wildman–Crippen MR) is 146 cm³/mol. The first kappa shape index (κ1) is 28.3. The van der Waals surface area contributed by atoms with E-state index in [0.29, 0.717) is 30.3 Å². The molecule has 0 aliphatic carbocycles. The van der Waals surface area contributed by atoms with E-state index in [2.05, 4.69) is 5.32 Å². The van der Waals surface area contributed by atoms with E-state index in [1.54, 1.807) is 18.2 Å². The van der Waals surface area contributed by atoms with Crippen molar-refractivity contribution in [2.75, 3.05) is 7.11 Å². The highest BCUT2D eigenvalue weighted by atomic mass is 19.2. The van der Waals surface area contributed by atoms with E-state index in [4.69, 9.17) is 14.2 Å². The van der Waals surface area contributed by atoms with Gasteiger partial charge in [-0.05, 0) is 46.5 Å². The first-order valence-electron chi connectivity index (χ1n) is 12.7. The van der Waals surface area contributed by atoms with Gasteiger partial charge in [0.1, 0.15) is 19.3 Å². The average molecular weight is 546 g/mol. The third-order valence-corrected chi connectivity index (χ3v) is 6.09. The van der Waals surface area contributed by atoms with Gasteiger partial charge >= 0.3 is 5.97 Å². The molecule has 0 aliphatic heterocycles. The van der Waals surface area contributed by atoms with Crippen LogP contribution in [0.2, 0.25) is 0 Å². The second-order valence-corrected chi connectivity index (χ2v) is 9.10. The Bertz CT molecular complexity index is 1430. The Morgan fingerprint density at radius 3 is 1.90 bits per heavy atom. The Hall–Kier alpha value is -4.72. The van der Waals surface area contributed by atoms with Crippen molar-refractivity contribution < 1.29 is 32.6 Å². The maximum absolute atomic E-state index is 13.6. The van der Waals surface area contributed by atoms with E-state index in [9.17, 15) is 18.4 Å². The summed E-state index contributed by atoms with van der Waals surface area (Å²) in [5.41, 5.74) is 2.93. The number of carbonyl (C=O) groups excluding carboxylic acids is 2. The number of rotatable bonds is 12. The van der Waals surface area contributed by atoms with Crippen LogP contribution < -0.4 is 14.8 Å². The third-order valence-electron chi connectivity index (χ3n) is 6.09. The van der Waals surface area contributed by atoms with E-state index in [0.717, 1.165) is 23.3 Å². The maximum Gasteiger partial charge on any atom is 0.328 e. The van der Waals surface area contributed by atoms with Crippen LogP contribution in [-0.4, -0.2) is 25.0 Å². The van der Waals surface area contributed by atoms with Gasteiger partial charge in [0, 0.05) is 6.42 Å². The molecule has 0 saturated carbocycles. The second-order valence-electron chi connectivity index (χ2n) is 9.10. The van der Waals surface area contributed by atoms with Crippen molar-refractivity contribution in [3.63, 3.8) is 0 Å². The molecule has 1 N–H and O–H groups in total. The summed E-state index contributed by atoms with van der Waals surface area (Å²) in [5.74, 6) is -2.22. The number of halogens is 2. The molecule has 0 aliphatic rings. The van der Waals surface area contributed by atoms with Gasteiger partial charge in [0.15, 0.2) is 23.1 Å². The molecule has 0 saturated heterocycles. The van der Waals surface area contributed by atoms with Crippen molar-refractivity contribution in [1.29, 1.82) is 0 Å². The first-order valence-corrected chi connectivity index (χ1v) is 12.7.